The first-order valence-corrected chi connectivity index (χ1v) is 6.61. The van der Waals surface area contributed by atoms with Crippen molar-refractivity contribution in [2.24, 2.45) is 0 Å². The quantitative estimate of drug-likeness (QED) is 0.535. The number of para-hydroxylation sites is 1. The van der Waals surface area contributed by atoms with Crippen LogP contribution in [0, 0.1) is 6.92 Å². The summed E-state index contributed by atoms with van der Waals surface area (Å²) in [7, 11) is 0. The van der Waals surface area contributed by atoms with Crippen LogP contribution in [0.15, 0.2) is 57.4 Å². The lowest BCUT2D eigenvalue weighted by atomic mass is 10.1. The highest BCUT2D eigenvalue weighted by Crippen LogP contribution is 2.23. The Kier molecular flexibility index (Phi) is 2.39. The van der Waals surface area contributed by atoms with Crippen LogP contribution in [0.4, 0.5) is 0 Å². The molecule has 2 aromatic carbocycles. The molecule has 0 spiro atoms. The van der Waals surface area contributed by atoms with Crippen LogP contribution in [0.1, 0.15) is 17.2 Å². The van der Waals surface area contributed by atoms with Crippen molar-refractivity contribution < 1.29 is 8.83 Å². The van der Waals surface area contributed by atoms with Gasteiger partial charge in [-0.25, -0.2) is 4.98 Å². The first-order valence-electron chi connectivity index (χ1n) is 6.61. The molecule has 2 aromatic heterocycles. The Bertz CT molecular complexity index is 869. The topological polar surface area (TPSA) is 39.2 Å². The van der Waals surface area contributed by atoms with Crippen molar-refractivity contribution in [1.29, 1.82) is 0 Å². The summed E-state index contributed by atoms with van der Waals surface area (Å²) in [6, 6.07) is 16.2. The Hall–Kier alpha value is -2.55. The zero-order valence-electron chi connectivity index (χ0n) is 11.1. The Morgan fingerprint density at radius 3 is 2.75 bits per heavy atom. The second-order valence-electron chi connectivity index (χ2n) is 4.96. The third-order valence-corrected chi connectivity index (χ3v) is 3.41. The molecule has 0 bridgehead atoms. The van der Waals surface area contributed by atoms with E-state index in [4.69, 9.17) is 8.83 Å². The maximum atomic E-state index is 5.85. The number of aryl methyl sites for hydroxylation is 1. The molecule has 3 heteroatoms. The number of rotatable bonds is 2. The Balaban J connectivity index is 1.72. The second kappa shape index (κ2) is 4.23. The lowest BCUT2D eigenvalue weighted by Gasteiger charge is -1.97. The fraction of sp³-hybridized carbons (Fsp3) is 0.118. The van der Waals surface area contributed by atoms with Gasteiger partial charge in [-0.15, -0.1) is 0 Å². The number of hydrogen-bond acceptors (Lipinski definition) is 3. The zero-order valence-corrected chi connectivity index (χ0v) is 11.1. The summed E-state index contributed by atoms with van der Waals surface area (Å²) < 4.78 is 11.3. The molecule has 0 atom stereocenters. The molecule has 0 unspecified atom stereocenters. The molecule has 0 radical (unpaired) electrons. The number of oxazole rings is 1. The van der Waals surface area contributed by atoms with E-state index in [0.29, 0.717) is 5.89 Å². The van der Waals surface area contributed by atoms with Crippen LogP contribution in [0.5, 0.6) is 0 Å². The van der Waals surface area contributed by atoms with Gasteiger partial charge in [-0.2, -0.15) is 0 Å². The maximum absolute atomic E-state index is 5.85. The van der Waals surface area contributed by atoms with Gasteiger partial charge >= 0.3 is 0 Å². The molecule has 0 fully saturated rings. The molecule has 0 aliphatic carbocycles. The fourth-order valence-electron chi connectivity index (χ4n) is 2.52. The minimum atomic E-state index is 0.695. The molecular formula is C17H13NO2. The van der Waals surface area contributed by atoms with Crippen molar-refractivity contribution in [3.63, 3.8) is 0 Å². The Morgan fingerprint density at radius 2 is 1.85 bits per heavy atom. The van der Waals surface area contributed by atoms with Crippen LogP contribution >= 0.6 is 0 Å². The van der Waals surface area contributed by atoms with Crippen molar-refractivity contribution in [2.75, 3.05) is 0 Å². The fourth-order valence-corrected chi connectivity index (χ4v) is 2.52. The summed E-state index contributed by atoms with van der Waals surface area (Å²) in [5.41, 5.74) is 3.83. The van der Waals surface area contributed by atoms with Gasteiger partial charge in [-0.3, -0.25) is 0 Å². The van der Waals surface area contributed by atoms with Gasteiger partial charge in [0.15, 0.2) is 11.5 Å². The van der Waals surface area contributed by atoms with Gasteiger partial charge in [0.2, 0.25) is 0 Å². The highest BCUT2D eigenvalue weighted by molar-refractivity contribution is 5.78. The van der Waals surface area contributed by atoms with Gasteiger partial charge in [0.05, 0.1) is 0 Å². The number of furan rings is 1. The van der Waals surface area contributed by atoms with Crippen LogP contribution in [-0.4, -0.2) is 4.98 Å². The summed E-state index contributed by atoms with van der Waals surface area (Å²) >= 11 is 0. The maximum Gasteiger partial charge on any atom is 0.192 e. The molecule has 0 saturated carbocycles. The lowest BCUT2D eigenvalue weighted by Crippen LogP contribution is -1.85. The summed E-state index contributed by atoms with van der Waals surface area (Å²) in [5.74, 6) is 1.66. The molecule has 4 aromatic rings. The highest BCUT2D eigenvalue weighted by Gasteiger charge is 2.07. The van der Waals surface area contributed by atoms with Crippen LogP contribution in [0.25, 0.3) is 22.1 Å². The molecule has 0 aliphatic rings. The molecule has 3 nitrogen and oxygen atoms in total. The van der Waals surface area contributed by atoms with Gasteiger partial charge in [0.1, 0.15) is 16.9 Å². The largest absolute Gasteiger partial charge is 0.461 e. The smallest absolute Gasteiger partial charge is 0.192 e. The standard InChI is InChI=1S/C17H13NO2/c1-11-18-15-9-12(6-7-17(15)19-11)8-14-10-13-4-2-3-5-16(13)20-14/h2-7,9-10H,8H2,1H3. The predicted octanol–water partition coefficient (Wildman–Crippen LogP) is 4.47. The van der Waals surface area contributed by atoms with Gasteiger partial charge in [-0.1, -0.05) is 24.3 Å². The molecule has 0 saturated heterocycles. The molecular weight excluding hydrogens is 250 g/mol. The molecule has 0 aliphatic heterocycles. The Labute approximate surface area is 115 Å². The third-order valence-electron chi connectivity index (χ3n) is 3.41. The van der Waals surface area contributed by atoms with E-state index in [-0.39, 0.29) is 0 Å². The average Bonchev–Trinajstić information content (AvgIpc) is 2.99. The summed E-state index contributed by atoms with van der Waals surface area (Å²) in [6.45, 7) is 1.86. The Morgan fingerprint density at radius 1 is 0.950 bits per heavy atom. The van der Waals surface area contributed by atoms with E-state index in [1.165, 1.54) is 5.56 Å². The van der Waals surface area contributed by atoms with E-state index in [1.807, 2.05) is 31.2 Å². The second-order valence-corrected chi connectivity index (χ2v) is 4.96. The number of fused-ring (bicyclic) bond motifs is 2. The van der Waals surface area contributed by atoms with Crippen molar-refractivity contribution in [3.8, 4) is 0 Å². The van der Waals surface area contributed by atoms with E-state index in [2.05, 4.69) is 29.2 Å². The number of nitrogens with zero attached hydrogens (tertiary/aromatic N) is 1. The van der Waals surface area contributed by atoms with E-state index in [1.54, 1.807) is 0 Å². The van der Waals surface area contributed by atoms with Crippen molar-refractivity contribution in [1.82, 2.24) is 4.98 Å². The SMILES string of the molecule is Cc1nc2cc(Cc3cc4ccccc4o3)ccc2o1. The minimum absolute atomic E-state index is 0.695. The van der Waals surface area contributed by atoms with E-state index in [0.717, 1.165) is 34.3 Å². The third kappa shape index (κ3) is 1.88. The number of hydrogen-bond donors (Lipinski definition) is 0. The van der Waals surface area contributed by atoms with Crippen LogP contribution < -0.4 is 0 Å². The molecule has 2 heterocycles. The van der Waals surface area contributed by atoms with E-state index in [9.17, 15) is 0 Å². The average molecular weight is 263 g/mol. The molecule has 98 valence electrons. The first kappa shape index (κ1) is 11.3. The van der Waals surface area contributed by atoms with Crippen molar-refractivity contribution in [2.45, 2.75) is 13.3 Å². The van der Waals surface area contributed by atoms with Crippen LogP contribution in [-0.2, 0) is 6.42 Å². The lowest BCUT2D eigenvalue weighted by molar-refractivity contribution is 0.559. The van der Waals surface area contributed by atoms with Crippen LogP contribution in [0.3, 0.4) is 0 Å². The molecule has 20 heavy (non-hydrogen) atoms. The van der Waals surface area contributed by atoms with E-state index < -0.39 is 0 Å². The monoisotopic (exact) mass is 263 g/mol. The predicted molar refractivity (Wildman–Crippen MR) is 77.8 cm³/mol. The van der Waals surface area contributed by atoms with Gasteiger partial charge in [0, 0.05) is 18.7 Å². The zero-order chi connectivity index (χ0) is 13.5. The van der Waals surface area contributed by atoms with Crippen molar-refractivity contribution in [3.05, 3.63) is 65.7 Å². The summed E-state index contributed by atoms with van der Waals surface area (Å²) in [4.78, 5) is 4.36. The summed E-state index contributed by atoms with van der Waals surface area (Å²) in [5, 5.41) is 1.14. The molecule has 0 amide bonds. The normalized spacial score (nSPS) is 11.4. The first-order chi connectivity index (χ1) is 9.78. The van der Waals surface area contributed by atoms with E-state index >= 15 is 0 Å². The van der Waals surface area contributed by atoms with Crippen molar-refractivity contribution >= 4 is 22.1 Å². The van der Waals surface area contributed by atoms with Crippen LogP contribution in [0.2, 0.25) is 0 Å². The molecule has 4 rings (SSSR count). The summed E-state index contributed by atoms with van der Waals surface area (Å²) in [6.07, 6.45) is 0.760. The molecule has 0 N–H and O–H groups in total. The van der Waals surface area contributed by atoms with Gasteiger partial charge in [0.25, 0.3) is 0 Å². The van der Waals surface area contributed by atoms with Gasteiger partial charge in [-0.05, 0) is 29.8 Å². The van der Waals surface area contributed by atoms with Gasteiger partial charge < -0.3 is 8.83 Å². The minimum Gasteiger partial charge on any atom is -0.461 e. The number of aromatic nitrogens is 1. The number of benzene rings is 2. The highest BCUT2D eigenvalue weighted by atomic mass is 16.3.